The molecule has 1 unspecified atom stereocenters. The summed E-state index contributed by atoms with van der Waals surface area (Å²) in [6, 6.07) is 0.142. The molecule has 5 heteroatoms. The third kappa shape index (κ3) is 4.52. The van der Waals surface area contributed by atoms with E-state index in [1.165, 1.54) is 19.3 Å². The fourth-order valence-corrected chi connectivity index (χ4v) is 2.54. The van der Waals surface area contributed by atoms with Crippen molar-refractivity contribution in [2.24, 2.45) is 5.92 Å². The van der Waals surface area contributed by atoms with Crippen molar-refractivity contribution >= 4 is 6.03 Å². The molecule has 5 nitrogen and oxygen atoms in total. The summed E-state index contributed by atoms with van der Waals surface area (Å²) in [4.78, 5) is 16.7. The first-order valence-electron chi connectivity index (χ1n) is 6.73. The number of urea groups is 1. The smallest absolute Gasteiger partial charge is 0.334 e. The fraction of sp³-hybridized carbons (Fsp3) is 0.917. The first kappa shape index (κ1) is 12.6. The normalized spacial score (nSPS) is 25.8. The molecular weight excluding hydrogens is 218 g/mol. The van der Waals surface area contributed by atoms with E-state index in [-0.39, 0.29) is 6.03 Å². The first-order chi connectivity index (χ1) is 8.34. The van der Waals surface area contributed by atoms with E-state index in [1.54, 1.807) is 0 Å². The van der Waals surface area contributed by atoms with Gasteiger partial charge in [0, 0.05) is 12.6 Å². The van der Waals surface area contributed by atoms with Gasteiger partial charge in [0.15, 0.2) is 0 Å². The summed E-state index contributed by atoms with van der Waals surface area (Å²) in [6.07, 6.45) is 7.07. The van der Waals surface area contributed by atoms with E-state index in [2.05, 4.69) is 16.1 Å². The average Bonchev–Trinajstić information content (AvgIpc) is 2.83. The molecule has 0 spiro atoms. The van der Waals surface area contributed by atoms with Crippen LogP contribution in [0.15, 0.2) is 0 Å². The van der Waals surface area contributed by atoms with Crippen LogP contribution in [0.2, 0.25) is 0 Å². The van der Waals surface area contributed by atoms with Crippen molar-refractivity contribution in [2.75, 3.05) is 19.7 Å². The van der Waals surface area contributed by atoms with Crippen molar-refractivity contribution in [3.8, 4) is 0 Å². The quantitative estimate of drug-likeness (QED) is 0.647. The summed E-state index contributed by atoms with van der Waals surface area (Å²) in [7, 11) is 0. The Morgan fingerprint density at radius 3 is 2.76 bits per heavy atom. The lowest BCUT2D eigenvalue weighted by molar-refractivity contribution is 0.0396. The van der Waals surface area contributed by atoms with Crippen molar-refractivity contribution in [1.82, 2.24) is 16.1 Å². The molecule has 1 saturated carbocycles. The number of amides is 2. The van der Waals surface area contributed by atoms with Crippen LogP contribution in [0.5, 0.6) is 0 Å². The maximum Gasteiger partial charge on any atom is 0.338 e. The predicted molar refractivity (Wildman–Crippen MR) is 65.5 cm³/mol. The third-order valence-electron chi connectivity index (χ3n) is 3.59. The van der Waals surface area contributed by atoms with Crippen LogP contribution in [0.1, 0.15) is 38.5 Å². The van der Waals surface area contributed by atoms with Crippen LogP contribution in [0.4, 0.5) is 4.79 Å². The zero-order valence-electron chi connectivity index (χ0n) is 10.3. The Morgan fingerprint density at radius 1 is 1.24 bits per heavy atom. The summed E-state index contributed by atoms with van der Waals surface area (Å²) < 4.78 is 0. The fourth-order valence-electron chi connectivity index (χ4n) is 2.54. The molecule has 2 rings (SSSR count). The van der Waals surface area contributed by atoms with E-state index in [9.17, 15) is 4.79 Å². The van der Waals surface area contributed by atoms with Crippen molar-refractivity contribution in [1.29, 1.82) is 0 Å². The molecule has 0 aromatic rings. The topological polar surface area (TPSA) is 62.4 Å². The second kappa shape index (κ2) is 6.81. The molecule has 0 aromatic heterocycles. The predicted octanol–water partition coefficient (Wildman–Crippen LogP) is 1.16. The number of rotatable bonds is 4. The zero-order chi connectivity index (χ0) is 11.9. The maximum absolute atomic E-state index is 11.5. The molecule has 1 aliphatic heterocycles. The van der Waals surface area contributed by atoms with Gasteiger partial charge in [0.1, 0.15) is 0 Å². The van der Waals surface area contributed by atoms with Crippen molar-refractivity contribution < 1.29 is 9.63 Å². The lowest BCUT2D eigenvalue weighted by atomic mass is 9.96. The molecule has 0 aromatic carbocycles. The minimum atomic E-state index is -0.192. The van der Waals surface area contributed by atoms with Crippen molar-refractivity contribution in [3.63, 3.8) is 0 Å². The number of carbonyl (C=O) groups excluding carboxylic acids is 1. The van der Waals surface area contributed by atoms with Gasteiger partial charge in [-0.05, 0) is 31.7 Å². The molecule has 1 saturated heterocycles. The standard InChI is InChI=1S/C12H23N3O2/c16-12(14-11-4-2-1-3-5-11)15-17-9-10-6-7-13-8-10/h10-11,13H,1-9H2,(H2,14,15,16). The van der Waals surface area contributed by atoms with Crippen LogP contribution in [0, 0.1) is 5.92 Å². The number of nitrogens with one attached hydrogen (secondary N) is 3. The van der Waals surface area contributed by atoms with E-state index in [1.807, 2.05) is 0 Å². The number of hydroxylamine groups is 1. The Morgan fingerprint density at radius 2 is 2.06 bits per heavy atom. The summed E-state index contributed by atoms with van der Waals surface area (Å²) >= 11 is 0. The van der Waals surface area contributed by atoms with E-state index < -0.39 is 0 Å². The minimum Gasteiger partial charge on any atom is -0.334 e. The van der Waals surface area contributed by atoms with Crippen LogP contribution in [-0.2, 0) is 4.84 Å². The SMILES string of the molecule is O=C(NOCC1CCNC1)NC1CCCCC1. The molecule has 17 heavy (non-hydrogen) atoms. The van der Waals surface area contributed by atoms with Gasteiger partial charge >= 0.3 is 6.03 Å². The highest BCUT2D eigenvalue weighted by Crippen LogP contribution is 2.17. The van der Waals surface area contributed by atoms with Gasteiger partial charge in [-0.1, -0.05) is 19.3 Å². The zero-order valence-corrected chi connectivity index (χ0v) is 10.3. The summed E-state index contributed by atoms with van der Waals surface area (Å²) in [6.45, 7) is 2.65. The van der Waals surface area contributed by atoms with Crippen molar-refractivity contribution in [2.45, 2.75) is 44.6 Å². The first-order valence-corrected chi connectivity index (χ1v) is 6.73. The number of carbonyl (C=O) groups is 1. The molecule has 3 N–H and O–H groups in total. The highest BCUT2D eigenvalue weighted by atomic mass is 16.7. The summed E-state index contributed by atoms with van der Waals surface area (Å²) in [5.41, 5.74) is 2.48. The van der Waals surface area contributed by atoms with E-state index in [0.29, 0.717) is 18.6 Å². The molecule has 1 aliphatic carbocycles. The summed E-state index contributed by atoms with van der Waals surface area (Å²) in [5.74, 6) is 0.532. The van der Waals surface area contributed by atoms with Crippen LogP contribution in [-0.4, -0.2) is 31.8 Å². The Hall–Kier alpha value is -0.810. The van der Waals surface area contributed by atoms with Gasteiger partial charge in [-0.3, -0.25) is 4.84 Å². The van der Waals surface area contributed by atoms with Gasteiger partial charge in [-0.25, -0.2) is 10.3 Å². The molecule has 0 radical (unpaired) electrons. The molecule has 2 fully saturated rings. The molecule has 1 heterocycles. The van der Waals surface area contributed by atoms with Crippen molar-refractivity contribution in [3.05, 3.63) is 0 Å². The Kier molecular flexibility index (Phi) is 5.07. The van der Waals surface area contributed by atoms with Gasteiger partial charge in [0.2, 0.25) is 0 Å². The Labute approximate surface area is 103 Å². The number of hydrogen-bond acceptors (Lipinski definition) is 3. The van der Waals surface area contributed by atoms with E-state index in [0.717, 1.165) is 32.4 Å². The Balaban J connectivity index is 1.53. The second-order valence-corrected chi connectivity index (χ2v) is 5.08. The largest absolute Gasteiger partial charge is 0.338 e. The molecule has 0 bridgehead atoms. The van der Waals surface area contributed by atoms with Crippen LogP contribution in [0.25, 0.3) is 0 Å². The van der Waals surface area contributed by atoms with Crippen LogP contribution in [0.3, 0.4) is 0 Å². The third-order valence-corrected chi connectivity index (χ3v) is 3.59. The van der Waals surface area contributed by atoms with E-state index in [4.69, 9.17) is 4.84 Å². The lowest BCUT2D eigenvalue weighted by Gasteiger charge is -2.22. The highest BCUT2D eigenvalue weighted by Gasteiger charge is 2.17. The highest BCUT2D eigenvalue weighted by molar-refractivity contribution is 5.73. The molecule has 98 valence electrons. The maximum atomic E-state index is 11.5. The molecule has 2 amide bonds. The van der Waals surface area contributed by atoms with Gasteiger partial charge in [0.05, 0.1) is 6.61 Å². The van der Waals surface area contributed by atoms with Crippen LogP contribution < -0.4 is 16.1 Å². The minimum absolute atomic E-state index is 0.192. The monoisotopic (exact) mass is 241 g/mol. The molecular formula is C12H23N3O2. The number of hydrogen-bond donors (Lipinski definition) is 3. The molecule has 1 atom stereocenters. The van der Waals surface area contributed by atoms with Gasteiger partial charge in [0.25, 0.3) is 0 Å². The van der Waals surface area contributed by atoms with Crippen LogP contribution >= 0.6 is 0 Å². The second-order valence-electron chi connectivity index (χ2n) is 5.08. The average molecular weight is 241 g/mol. The lowest BCUT2D eigenvalue weighted by Crippen LogP contribution is -2.43. The van der Waals surface area contributed by atoms with Gasteiger partial charge in [-0.2, -0.15) is 0 Å². The van der Waals surface area contributed by atoms with E-state index >= 15 is 0 Å². The summed E-state index contributed by atoms with van der Waals surface area (Å²) in [5, 5.41) is 6.22. The Bertz CT molecular complexity index is 236. The van der Waals surface area contributed by atoms with Gasteiger partial charge < -0.3 is 10.6 Å². The van der Waals surface area contributed by atoms with Gasteiger partial charge in [-0.15, -0.1) is 0 Å². The molecule has 2 aliphatic rings.